The van der Waals surface area contributed by atoms with Gasteiger partial charge in [-0.15, -0.1) is 0 Å². The number of nitrogens with zero attached hydrogens (tertiary/aromatic N) is 2. The molecule has 1 amide bonds. The van der Waals surface area contributed by atoms with E-state index in [0.29, 0.717) is 12.0 Å². The third kappa shape index (κ3) is 5.73. The maximum Gasteiger partial charge on any atom is 0.331 e. The van der Waals surface area contributed by atoms with Crippen molar-refractivity contribution in [1.29, 1.82) is 0 Å². The molecule has 0 saturated carbocycles. The number of aromatic hydroxyl groups is 1. The summed E-state index contributed by atoms with van der Waals surface area (Å²) in [7, 11) is 0. The Balaban J connectivity index is 1.69. The summed E-state index contributed by atoms with van der Waals surface area (Å²) in [5, 5.41) is 10.3. The molecule has 0 aliphatic rings. The van der Waals surface area contributed by atoms with E-state index in [2.05, 4.69) is 20.8 Å². The van der Waals surface area contributed by atoms with E-state index >= 15 is 0 Å². The molecule has 0 fully saturated rings. The van der Waals surface area contributed by atoms with Crippen molar-refractivity contribution in [2.75, 3.05) is 0 Å². The van der Waals surface area contributed by atoms with Gasteiger partial charge in [0, 0.05) is 18.3 Å². The van der Waals surface area contributed by atoms with E-state index in [1.165, 1.54) is 0 Å². The summed E-state index contributed by atoms with van der Waals surface area (Å²) in [6.45, 7) is 0.155. The molecule has 2 aromatic carbocycles. The van der Waals surface area contributed by atoms with Crippen LogP contribution in [0, 0.1) is 0 Å². The second-order valence-electron chi connectivity index (χ2n) is 6.39. The van der Waals surface area contributed by atoms with E-state index < -0.39 is 23.0 Å². The van der Waals surface area contributed by atoms with Crippen LogP contribution in [0.25, 0.3) is 0 Å². The van der Waals surface area contributed by atoms with Gasteiger partial charge in [0.05, 0.1) is 0 Å². The topological polar surface area (TPSA) is 129 Å². The third-order valence-electron chi connectivity index (χ3n) is 4.30. The quantitative estimate of drug-likeness (QED) is 0.269. The Morgan fingerprint density at radius 2 is 1.71 bits per heavy atom. The molecule has 158 valence electrons. The average Bonchev–Trinajstić information content (AvgIpc) is 2.78. The van der Waals surface area contributed by atoms with Gasteiger partial charge in [0.2, 0.25) is 11.0 Å². The molecule has 4 N–H and O–H groups in total. The van der Waals surface area contributed by atoms with Crippen molar-refractivity contribution in [2.24, 2.45) is 4.99 Å². The lowest BCUT2D eigenvalue weighted by Crippen LogP contribution is -2.40. The minimum Gasteiger partial charge on any atom is -0.494 e. The summed E-state index contributed by atoms with van der Waals surface area (Å²) >= 11 is 5.00. The lowest BCUT2D eigenvalue weighted by atomic mass is 10.1. The molecular formula is C21H19N5O4S. The molecule has 0 spiro atoms. The maximum absolute atomic E-state index is 12.1. The van der Waals surface area contributed by atoms with Crippen LogP contribution in [0.15, 0.2) is 75.2 Å². The number of amides is 1. The Hall–Kier alpha value is -4.05. The largest absolute Gasteiger partial charge is 0.494 e. The Morgan fingerprint density at radius 1 is 1.06 bits per heavy atom. The summed E-state index contributed by atoms with van der Waals surface area (Å²) in [5.74, 6) is -0.946. The number of benzene rings is 2. The number of hydrogen-bond acceptors (Lipinski definition) is 5. The van der Waals surface area contributed by atoms with Gasteiger partial charge >= 0.3 is 5.69 Å². The molecule has 31 heavy (non-hydrogen) atoms. The van der Waals surface area contributed by atoms with Crippen LogP contribution in [0.4, 0.5) is 0 Å². The maximum atomic E-state index is 12.1. The predicted molar refractivity (Wildman–Crippen MR) is 120 cm³/mol. The monoisotopic (exact) mass is 437 g/mol. The molecule has 3 aromatic rings. The number of nitrogens with one attached hydrogen (secondary N) is 3. The zero-order chi connectivity index (χ0) is 22.2. The van der Waals surface area contributed by atoms with Crippen LogP contribution in [0.5, 0.6) is 5.88 Å². The number of aromatic amines is 1. The zero-order valence-electron chi connectivity index (χ0n) is 16.2. The van der Waals surface area contributed by atoms with E-state index in [-0.39, 0.29) is 17.2 Å². The zero-order valence-corrected chi connectivity index (χ0v) is 17.1. The third-order valence-corrected chi connectivity index (χ3v) is 4.51. The first kappa shape index (κ1) is 21.7. The Bertz CT molecular complexity index is 1220. The van der Waals surface area contributed by atoms with Crippen LogP contribution in [-0.4, -0.2) is 31.9 Å². The van der Waals surface area contributed by atoms with E-state index in [0.717, 1.165) is 16.3 Å². The van der Waals surface area contributed by atoms with Gasteiger partial charge < -0.3 is 5.11 Å². The smallest absolute Gasteiger partial charge is 0.331 e. The summed E-state index contributed by atoms with van der Waals surface area (Å²) in [4.78, 5) is 42.2. The highest BCUT2D eigenvalue weighted by Crippen LogP contribution is 2.10. The van der Waals surface area contributed by atoms with Crippen molar-refractivity contribution < 1.29 is 9.90 Å². The minimum absolute atomic E-state index is 0.148. The number of hydrazine groups is 1. The van der Waals surface area contributed by atoms with Crippen LogP contribution in [0.2, 0.25) is 0 Å². The van der Waals surface area contributed by atoms with Gasteiger partial charge in [0.25, 0.3) is 11.5 Å². The Labute approximate surface area is 182 Å². The standard InChI is InChI=1S/C21H19N5O4S/c27-17(15-9-5-2-6-10-15)24-25-20(31)22-13-16-18(28)23-21(30)26(19(16)29)12-11-14-7-3-1-4-8-14/h1-10,13,29H,11-12H2,(H,24,27)(H,25,31)(H,23,28,30). The average molecular weight is 437 g/mol. The lowest BCUT2D eigenvalue weighted by Gasteiger charge is -2.10. The van der Waals surface area contributed by atoms with Gasteiger partial charge in [0.15, 0.2) is 0 Å². The lowest BCUT2D eigenvalue weighted by molar-refractivity contribution is 0.0944. The second-order valence-corrected chi connectivity index (χ2v) is 6.78. The van der Waals surface area contributed by atoms with Crippen LogP contribution in [0.3, 0.4) is 0 Å². The van der Waals surface area contributed by atoms with Gasteiger partial charge in [0.1, 0.15) is 5.56 Å². The van der Waals surface area contributed by atoms with E-state index in [9.17, 15) is 19.5 Å². The van der Waals surface area contributed by atoms with Gasteiger partial charge in [-0.25, -0.2) is 9.79 Å². The van der Waals surface area contributed by atoms with E-state index in [1.807, 2.05) is 30.3 Å². The highest BCUT2D eigenvalue weighted by molar-refractivity contribution is 7.80. The van der Waals surface area contributed by atoms with Crippen LogP contribution in [-0.2, 0) is 13.0 Å². The molecule has 3 rings (SSSR count). The van der Waals surface area contributed by atoms with Crippen molar-refractivity contribution in [3.63, 3.8) is 0 Å². The molecule has 9 nitrogen and oxygen atoms in total. The van der Waals surface area contributed by atoms with E-state index in [4.69, 9.17) is 12.2 Å². The van der Waals surface area contributed by atoms with Gasteiger partial charge in [-0.1, -0.05) is 48.5 Å². The van der Waals surface area contributed by atoms with Crippen molar-refractivity contribution in [3.05, 3.63) is 98.2 Å². The van der Waals surface area contributed by atoms with Crippen molar-refractivity contribution >= 4 is 29.5 Å². The van der Waals surface area contributed by atoms with Crippen molar-refractivity contribution in [1.82, 2.24) is 20.4 Å². The second kappa shape index (κ2) is 10.1. The van der Waals surface area contributed by atoms with Crippen LogP contribution >= 0.6 is 12.2 Å². The first-order valence-corrected chi connectivity index (χ1v) is 9.66. The normalized spacial score (nSPS) is 10.7. The molecule has 10 heteroatoms. The van der Waals surface area contributed by atoms with Gasteiger partial charge in [-0.05, 0) is 36.3 Å². The van der Waals surface area contributed by atoms with E-state index in [1.54, 1.807) is 30.3 Å². The summed E-state index contributed by atoms with van der Waals surface area (Å²) in [5.41, 5.74) is 4.43. The highest BCUT2D eigenvalue weighted by Gasteiger charge is 2.13. The molecule has 0 aliphatic carbocycles. The number of carbonyl (C=O) groups excluding carboxylic acids is 1. The molecule has 1 aromatic heterocycles. The van der Waals surface area contributed by atoms with Crippen molar-refractivity contribution in [2.45, 2.75) is 13.0 Å². The fourth-order valence-electron chi connectivity index (χ4n) is 2.71. The fourth-order valence-corrected chi connectivity index (χ4v) is 2.82. The number of aliphatic imine (C=N–C) groups is 1. The fraction of sp³-hybridized carbons (Fsp3) is 0.0952. The van der Waals surface area contributed by atoms with Crippen LogP contribution in [0.1, 0.15) is 21.5 Å². The summed E-state index contributed by atoms with van der Waals surface area (Å²) in [6, 6.07) is 17.9. The Kier molecular flexibility index (Phi) is 7.07. The van der Waals surface area contributed by atoms with Gasteiger partial charge in [-0.2, -0.15) is 0 Å². The SMILES string of the molecule is O=C(NNC(=S)N=Cc1c(O)n(CCc2ccccc2)c(=O)[nH]c1=O)c1ccccc1. The first-order chi connectivity index (χ1) is 15.0. The number of aromatic nitrogens is 2. The Morgan fingerprint density at radius 3 is 2.39 bits per heavy atom. The number of thiocarbonyl (C=S) groups is 1. The summed E-state index contributed by atoms with van der Waals surface area (Å²) < 4.78 is 1.05. The highest BCUT2D eigenvalue weighted by atomic mass is 32.1. The molecule has 1 heterocycles. The molecular weight excluding hydrogens is 418 g/mol. The molecule has 0 atom stereocenters. The summed E-state index contributed by atoms with van der Waals surface area (Å²) in [6.07, 6.45) is 1.50. The molecule has 0 aliphatic heterocycles. The number of carbonyl (C=O) groups is 1. The molecule has 0 unspecified atom stereocenters. The number of aryl methyl sites for hydroxylation is 1. The predicted octanol–water partition coefficient (Wildman–Crippen LogP) is 1.12. The minimum atomic E-state index is -0.807. The number of hydrogen-bond donors (Lipinski definition) is 4. The molecule has 0 radical (unpaired) electrons. The first-order valence-electron chi connectivity index (χ1n) is 9.25. The van der Waals surface area contributed by atoms with Crippen LogP contribution < -0.4 is 22.1 Å². The van der Waals surface area contributed by atoms with Crippen molar-refractivity contribution in [3.8, 4) is 5.88 Å². The number of rotatable bonds is 5. The van der Waals surface area contributed by atoms with Gasteiger partial charge in [-0.3, -0.25) is 30.0 Å². The molecule has 0 bridgehead atoms. The number of H-pyrrole nitrogens is 1. The molecule has 0 saturated heterocycles.